The lowest BCUT2D eigenvalue weighted by molar-refractivity contribution is 0.581. The molecule has 94 valence electrons. The first-order valence-corrected chi connectivity index (χ1v) is 6.91. The number of nitrogens with zero attached hydrogens (tertiary/aromatic N) is 3. The normalized spacial score (nSPS) is 26.8. The standard InChI is InChI=1S/C15H19N3/c1-2-7-11-14-15(12-8-3-1)18(17-16-14)13-9-5-4-6-10-13/h4-6,9-11,15H,1-3,7-8,12H2/b14-11+. The number of anilines is 1. The van der Waals surface area contributed by atoms with E-state index in [0.29, 0.717) is 6.04 Å². The van der Waals surface area contributed by atoms with E-state index >= 15 is 0 Å². The lowest BCUT2D eigenvalue weighted by Gasteiger charge is -2.22. The molecule has 0 amide bonds. The summed E-state index contributed by atoms with van der Waals surface area (Å²) in [6, 6.07) is 10.7. The molecule has 0 radical (unpaired) electrons. The van der Waals surface area contributed by atoms with Crippen LogP contribution in [0.3, 0.4) is 0 Å². The highest BCUT2D eigenvalue weighted by Gasteiger charge is 2.28. The molecule has 0 aromatic heterocycles. The maximum Gasteiger partial charge on any atom is 0.0979 e. The summed E-state index contributed by atoms with van der Waals surface area (Å²) in [5, 5.41) is 10.8. The number of benzene rings is 1. The van der Waals surface area contributed by atoms with Crippen molar-refractivity contribution >= 4 is 5.69 Å². The minimum Gasteiger partial charge on any atom is -0.238 e. The molecule has 1 atom stereocenters. The minimum atomic E-state index is 0.352. The molecule has 1 unspecified atom stereocenters. The van der Waals surface area contributed by atoms with E-state index in [4.69, 9.17) is 0 Å². The van der Waals surface area contributed by atoms with Crippen molar-refractivity contribution in [3.63, 3.8) is 0 Å². The molecule has 3 rings (SSSR count). The van der Waals surface area contributed by atoms with Crippen LogP contribution < -0.4 is 5.01 Å². The molecule has 0 bridgehead atoms. The third-order valence-electron chi connectivity index (χ3n) is 3.70. The summed E-state index contributed by atoms with van der Waals surface area (Å²) >= 11 is 0. The Bertz CT molecular complexity index is 450. The van der Waals surface area contributed by atoms with Crippen LogP contribution in [0.4, 0.5) is 5.69 Å². The number of rotatable bonds is 1. The van der Waals surface area contributed by atoms with Crippen molar-refractivity contribution in [2.75, 3.05) is 5.01 Å². The molecule has 0 fully saturated rings. The largest absolute Gasteiger partial charge is 0.238 e. The number of fused-ring (bicyclic) bond motifs is 1. The third-order valence-corrected chi connectivity index (χ3v) is 3.70. The molecule has 1 aromatic rings. The van der Waals surface area contributed by atoms with Crippen LogP contribution in [0, 0.1) is 0 Å². The van der Waals surface area contributed by atoms with Crippen LogP contribution in [0.5, 0.6) is 0 Å². The lowest BCUT2D eigenvalue weighted by atomic mass is 10.1. The summed E-state index contributed by atoms with van der Waals surface area (Å²) in [6.45, 7) is 0. The number of para-hydroxylation sites is 1. The molecule has 3 nitrogen and oxygen atoms in total. The average molecular weight is 241 g/mol. The van der Waals surface area contributed by atoms with Gasteiger partial charge in [-0.1, -0.05) is 48.8 Å². The molecule has 3 heteroatoms. The Morgan fingerprint density at radius 1 is 1.00 bits per heavy atom. The summed E-state index contributed by atoms with van der Waals surface area (Å²) in [5.74, 6) is 0. The Morgan fingerprint density at radius 2 is 1.83 bits per heavy atom. The highest BCUT2D eigenvalue weighted by molar-refractivity contribution is 5.49. The van der Waals surface area contributed by atoms with Crippen LogP contribution >= 0.6 is 0 Å². The van der Waals surface area contributed by atoms with E-state index in [0.717, 1.165) is 18.5 Å². The number of hydrogen-bond acceptors (Lipinski definition) is 3. The predicted molar refractivity (Wildman–Crippen MR) is 73.4 cm³/mol. The Kier molecular flexibility index (Phi) is 3.40. The molecule has 1 aromatic carbocycles. The van der Waals surface area contributed by atoms with Crippen LogP contribution in [0.2, 0.25) is 0 Å². The van der Waals surface area contributed by atoms with Gasteiger partial charge in [0, 0.05) is 0 Å². The minimum absolute atomic E-state index is 0.352. The van der Waals surface area contributed by atoms with Crippen molar-refractivity contribution in [3.8, 4) is 0 Å². The van der Waals surface area contributed by atoms with Gasteiger partial charge in [-0.3, -0.25) is 0 Å². The maximum atomic E-state index is 4.37. The van der Waals surface area contributed by atoms with Crippen LogP contribution in [0.15, 0.2) is 52.4 Å². The fourth-order valence-electron chi connectivity index (χ4n) is 2.70. The van der Waals surface area contributed by atoms with Crippen molar-refractivity contribution in [1.29, 1.82) is 0 Å². The zero-order valence-electron chi connectivity index (χ0n) is 10.6. The van der Waals surface area contributed by atoms with Crippen LogP contribution in [-0.4, -0.2) is 6.04 Å². The van der Waals surface area contributed by atoms with E-state index in [-0.39, 0.29) is 0 Å². The van der Waals surface area contributed by atoms with Crippen LogP contribution in [0.25, 0.3) is 0 Å². The van der Waals surface area contributed by atoms with Crippen molar-refractivity contribution < 1.29 is 0 Å². The fraction of sp³-hybridized carbons (Fsp3) is 0.467. The lowest BCUT2D eigenvalue weighted by Crippen LogP contribution is -2.27. The highest BCUT2D eigenvalue weighted by Crippen LogP contribution is 2.32. The molecule has 0 saturated heterocycles. The molecule has 1 heterocycles. The van der Waals surface area contributed by atoms with Gasteiger partial charge in [-0.2, -0.15) is 0 Å². The van der Waals surface area contributed by atoms with E-state index in [1.54, 1.807) is 0 Å². The molecule has 0 N–H and O–H groups in total. The first-order valence-electron chi connectivity index (χ1n) is 6.91. The first kappa shape index (κ1) is 11.5. The van der Waals surface area contributed by atoms with E-state index in [2.05, 4.69) is 45.7 Å². The van der Waals surface area contributed by atoms with Gasteiger partial charge in [0.25, 0.3) is 0 Å². The molecule has 0 saturated carbocycles. The second-order valence-electron chi connectivity index (χ2n) is 5.01. The van der Waals surface area contributed by atoms with Gasteiger partial charge in [-0.05, 0) is 31.4 Å². The molecule has 1 aliphatic carbocycles. The summed E-state index contributed by atoms with van der Waals surface area (Å²) in [5.41, 5.74) is 2.31. The van der Waals surface area contributed by atoms with Gasteiger partial charge in [-0.15, -0.1) is 5.11 Å². The molecule has 1 aliphatic heterocycles. The summed E-state index contributed by atoms with van der Waals surface area (Å²) in [7, 11) is 0. The Labute approximate surface area is 108 Å². The van der Waals surface area contributed by atoms with E-state index in [1.165, 1.54) is 31.4 Å². The van der Waals surface area contributed by atoms with Gasteiger partial charge in [0.15, 0.2) is 0 Å². The first-order chi connectivity index (χ1) is 8.95. The van der Waals surface area contributed by atoms with Gasteiger partial charge in [0.2, 0.25) is 0 Å². The predicted octanol–water partition coefficient (Wildman–Crippen LogP) is 4.48. The van der Waals surface area contributed by atoms with Gasteiger partial charge in [-0.25, -0.2) is 5.01 Å². The fourth-order valence-corrected chi connectivity index (χ4v) is 2.70. The van der Waals surface area contributed by atoms with E-state index in [1.807, 2.05) is 6.07 Å². The zero-order valence-corrected chi connectivity index (χ0v) is 10.6. The second kappa shape index (κ2) is 5.34. The summed E-state index contributed by atoms with van der Waals surface area (Å²) in [6.07, 6.45) is 9.83. The summed E-state index contributed by atoms with van der Waals surface area (Å²) < 4.78 is 0. The SMILES string of the molecule is C1=C2/N=NN(c3ccccc3)C2CCCCCC/1. The average Bonchev–Trinajstić information content (AvgIpc) is 2.84. The molecule has 2 aliphatic rings. The molecular formula is C15H19N3. The molecule has 18 heavy (non-hydrogen) atoms. The van der Waals surface area contributed by atoms with Gasteiger partial charge in [0.1, 0.15) is 0 Å². The number of hydrogen-bond donors (Lipinski definition) is 0. The van der Waals surface area contributed by atoms with Crippen molar-refractivity contribution in [2.24, 2.45) is 10.3 Å². The quantitative estimate of drug-likeness (QED) is 0.712. The molecule has 0 spiro atoms. The van der Waals surface area contributed by atoms with Gasteiger partial charge >= 0.3 is 0 Å². The highest BCUT2D eigenvalue weighted by atomic mass is 15.6. The molecular weight excluding hydrogens is 222 g/mol. The van der Waals surface area contributed by atoms with Crippen LogP contribution in [0.1, 0.15) is 38.5 Å². The third kappa shape index (κ3) is 2.30. The monoisotopic (exact) mass is 241 g/mol. The second-order valence-corrected chi connectivity index (χ2v) is 5.01. The van der Waals surface area contributed by atoms with Gasteiger partial charge < -0.3 is 0 Å². The zero-order chi connectivity index (χ0) is 12.2. The van der Waals surface area contributed by atoms with Crippen molar-refractivity contribution in [3.05, 3.63) is 42.1 Å². The van der Waals surface area contributed by atoms with Gasteiger partial charge in [0.05, 0.1) is 17.4 Å². The number of allylic oxidation sites excluding steroid dienone is 1. The maximum absolute atomic E-state index is 4.37. The Hall–Kier alpha value is -1.64. The summed E-state index contributed by atoms with van der Waals surface area (Å²) in [4.78, 5) is 0. The van der Waals surface area contributed by atoms with Crippen molar-refractivity contribution in [2.45, 2.75) is 44.6 Å². The van der Waals surface area contributed by atoms with Crippen LogP contribution in [-0.2, 0) is 0 Å². The Balaban J connectivity index is 1.85. The van der Waals surface area contributed by atoms with E-state index in [9.17, 15) is 0 Å². The topological polar surface area (TPSA) is 28.0 Å². The smallest absolute Gasteiger partial charge is 0.0979 e. The Morgan fingerprint density at radius 3 is 2.72 bits per heavy atom. The van der Waals surface area contributed by atoms with E-state index < -0.39 is 0 Å². The van der Waals surface area contributed by atoms with Crippen molar-refractivity contribution in [1.82, 2.24) is 0 Å².